The summed E-state index contributed by atoms with van der Waals surface area (Å²) in [5.74, 6) is -1.19. The zero-order valence-corrected chi connectivity index (χ0v) is 13.8. The number of hydrogen-bond donors (Lipinski definition) is 1. The van der Waals surface area contributed by atoms with Gasteiger partial charge in [0.25, 0.3) is 5.91 Å². The van der Waals surface area contributed by atoms with E-state index in [1.807, 2.05) is 13.0 Å². The van der Waals surface area contributed by atoms with Crippen LogP contribution >= 0.6 is 0 Å². The number of nitrogens with zero attached hydrogens (tertiary/aromatic N) is 4. The molecule has 1 aliphatic rings. The van der Waals surface area contributed by atoms with Gasteiger partial charge in [-0.2, -0.15) is 10.4 Å². The molecule has 1 aromatic heterocycles. The first-order chi connectivity index (χ1) is 12.0. The van der Waals surface area contributed by atoms with Crippen molar-refractivity contribution < 1.29 is 14.7 Å². The van der Waals surface area contributed by atoms with Crippen LogP contribution in [0.2, 0.25) is 0 Å². The molecule has 1 saturated heterocycles. The topological polar surface area (TPSA) is 99.2 Å². The molecule has 7 nitrogen and oxygen atoms in total. The third-order valence-electron chi connectivity index (χ3n) is 4.70. The van der Waals surface area contributed by atoms with Crippen LogP contribution in [-0.2, 0) is 10.3 Å². The number of hydrogen-bond acceptors (Lipinski definition) is 4. The Balaban J connectivity index is 1.82. The zero-order valence-electron chi connectivity index (χ0n) is 13.8. The van der Waals surface area contributed by atoms with E-state index in [1.54, 1.807) is 41.6 Å². The van der Waals surface area contributed by atoms with E-state index in [1.165, 1.54) is 4.68 Å². The predicted molar refractivity (Wildman–Crippen MR) is 88.9 cm³/mol. The Morgan fingerprint density at radius 3 is 2.52 bits per heavy atom. The highest BCUT2D eigenvalue weighted by atomic mass is 16.4. The second kappa shape index (κ2) is 6.40. The number of carbonyl (C=O) groups is 2. The van der Waals surface area contributed by atoms with Gasteiger partial charge in [0.05, 0.1) is 23.4 Å². The summed E-state index contributed by atoms with van der Waals surface area (Å²) in [6.45, 7) is 2.45. The van der Waals surface area contributed by atoms with Gasteiger partial charge in [0.1, 0.15) is 0 Å². The second-order valence-corrected chi connectivity index (χ2v) is 6.25. The molecule has 0 bridgehead atoms. The summed E-state index contributed by atoms with van der Waals surface area (Å²) in [5.41, 5.74) is 0.426. The third kappa shape index (κ3) is 2.87. The molecule has 25 heavy (non-hydrogen) atoms. The quantitative estimate of drug-likeness (QED) is 0.919. The van der Waals surface area contributed by atoms with Crippen molar-refractivity contribution in [2.45, 2.75) is 25.3 Å². The molecule has 0 saturated carbocycles. The Hall–Kier alpha value is -3.14. The number of benzene rings is 1. The number of aromatic nitrogens is 2. The lowest BCUT2D eigenvalue weighted by atomic mass is 9.87. The fourth-order valence-corrected chi connectivity index (χ4v) is 3.21. The molecule has 1 fully saturated rings. The van der Waals surface area contributed by atoms with Gasteiger partial charge in [0.2, 0.25) is 0 Å². The normalized spacial score (nSPS) is 16.2. The minimum atomic E-state index is -1.14. The fraction of sp³-hybridized carbons (Fsp3) is 0.333. The standard InChI is InChI=1S/C18H18N4O3/c1-13-11-20-22(12-13)18(17(24)25)6-8-21(9-7-18)16(23)15-5-3-2-4-14(15)10-19/h2-5,11-12H,6-9H2,1H3,(H,24,25). The number of carbonyl (C=O) groups excluding carboxylic acids is 1. The first-order valence-electron chi connectivity index (χ1n) is 8.01. The Morgan fingerprint density at radius 1 is 1.28 bits per heavy atom. The Kier molecular flexibility index (Phi) is 4.28. The molecule has 3 rings (SSSR count). The lowest BCUT2D eigenvalue weighted by molar-refractivity contribution is -0.150. The van der Waals surface area contributed by atoms with Crippen molar-refractivity contribution in [1.29, 1.82) is 5.26 Å². The number of aliphatic carboxylic acids is 1. The monoisotopic (exact) mass is 338 g/mol. The average Bonchev–Trinajstić information content (AvgIpc) is 3.07. The third-order valence-corrected chi connectivity index (χ3v) is 4.70. The van der Waals surface area contributed by atoms with Crippen LogP contribution in [0.15, 0.2) is 36.7 Å². The molecule has 1 aliphatic heterocycles. The number of likely N-dealkylation sites (tertiary alicyclic amines) is 1. The van der Waals surface area contributed by atoms with Crippen molar-refractivity contribution in [2.24, 2.45) is 0 Å². The van der Waals surface area contributed by atoms with Gasteiger partial charge in [-0.15, -0.1) is 0 Å². The Bertz CT molecular complexity index is 857. The van der Waals surface area contributed by atoms with Crippen LogP contribution in [-0.4, -0.2) is 44.8 Å². The second-order valence-electron chi connectivity index (χ2n) is 6.25. The number of amides is 1. The highest BCUT2D eigenvalue weighted by Gasteiger charge is 2.45. The average molecular weight is 338 g/mol. The molecular formula is C18H18N4O3. The van der Waals surface area contributed by atoms with Gasteiger partial charge < -0.3 is 10.0 Å². The van der Waals surface area contributed by atoms with E-state index in [9.17, 15) is 14.7 Å². The van der Waals surface area contributed by atoms with Crippen molar-refractivity contribution in [3.8, 4) is 6.07 Å². The minimum Gasteiger partial charge on any atom is -0.479 e. The lowest BCUT2D eigenvalue weighted by Gasteiger charge is -2.39. The van der Waals surface area contributed by atoms with Crippen LogP contribution in [0.4, 0.5) is 0 Å². The van der Waals surface area contributed by atoms with Crippen molar-refractivity contribution in [3.05, 3.63) is 53.3 Å². The van der Waals surface area contributed by atoms with Crippen LogP contribution in [0.5, 0.6) is 0 Å². The van der Waals surface area contributed by atoms with Gasteiger partial charge in [0.15, 0.2) is 5.54 Å². The van der Waals surface area contributed by atoms with Crippen LogP contribution in [0.25, 0.3) is 0 Å². The maximum Gasteiger partial charge on any atom is 0.331 e. The molecule has 0 unspecified atom stereocenters. The van der Waals surface area contributed by atoms with Crippen molar-refractivity contribution in [2.75, 3.05) is 13.1 Å². The van der Waals surface area contributed by atoms with E-state index in [2.05, 4.69) is 5.10 Å². The van der Waals surface area contributed by atoms with Gasteiger partial charge in [-0.1, -0.05) is 12.1 Å². The summed E-state index contributed by atoms with van der Waals surface area (Å²) in [4.78, 5) is 26.2. The molecule has 2 aromatic rings. The Labute approximate surface area is 145 Å². The van der Waals surface area contributed by atoms with Gasteiger partial charge in [-0.25, -0.2) is 4.79 Å². The smallest absolute Gasteiger partial charge is 0.331 e. The molecule has 1 aromatic carbocycles. The number of rotatable bonds is 3. The van der Waals surface area contributed by atoms with Crippen LogP contribution in [0.1, 0.15) is 34.3 Å². The summed E-state index contributed by atoms with van der Waals surface area (Å²) in [6, 6.07) is 8.67. The maximum atomic E-state index is 12.7. The van der Waals surface area contributed by atoms with Crippen molar-refractivity contribution in [1.82, 2.24) is 14.7 Å². The number of carboxylic acid groups (broad SMARTS) is 1. The predicted octanol–water partition coefficient (Wildman–Crippen LogP) is 1.78. The summed E-state index contributed by atoms with van der Waals surface area (Å²) >= 11 is 0. The van der Waals surface area contributed by atoms with E-state index in [-0.39, 0.29) is 18.7 Å². The fourth-order valence-electron chi connectivity index (χ4n) is 3.21. The molecule has 0 radical (unpaired) electrons. The van der Waals surface area contributed by atoms with Crippen molar-refractivity contribution in [3.63, 3.8) is 0 Å². The molecule has 1 amide bonds. The molecule has 0 atom stereocenters. The first kappa shape index (κ1) is 16.7. The minimum absolute atomic E-state index is 0.243. The molecule has 0 spiro atoms. The number of piperidine rings is 1. The summed E-state index contributed by atoms with van der Waals surface area (Å²) < 4.78 is 1.50. The summed E-state index contributed by atoms with van der Waals surface area (Å²) in [7, 11) is 0. The highest BCUT2D eigenvalue weighted by Crippen LogP contribution is 2.31. The molecule has 0 aliphatic carbocycles. The Morgan fingerprint density at radius 2 is 1.96 bits per heavy atom. The van der Waals surface area contributed by atoms with Crippen LogP contribution < -0.4 is 0 Å². The molecule has 7 heteroatoms. The van der Waals surface area contributed by atoms with Crippen LogP contribution in [0, 0.1) is 18.3 Å². The lowest BCUT2D eigenvalue weighted by Crippen LogP contribution is -2.52. The molecule has 1 N–H and O–H groups in total. The van der Waals surface area contributed by atoms with E-state index < -0.39 is 11.5 Å². The molecule has 128 valence electrons. The number of nitriles is 1. The van der Waals surface area contributed by atoms with Gasteiger partial charge in [-0.3, -0.25) is 9.48 Å². The van der Waals surface area contributed by atoms with Gasteiger partial charge in [-0.05, 0) is 24.6 Å². The van der Waals surface area contributed by atoms with E-state index >= 15 is 0 Å². The summed E-state index contributed by atoms with van der Waals surface area (Å²) in [6.07, 6.45) is 3.88. The van der Waals surface area contributed by atoms with Crippen molar-refractivity contribution >= 4 is 11.9 Å². The molecular weight excluding hydrogens is 320 g/mol. The zero-order chi connectivity index (χ0) is 18.0. The maximum absolute atomic E-state index is 12.7. The largest absolute Gasteiger partial charge is 0.479 e. The van der Waals surface area contributed by atoms with E-state index in [0.717, 1.165) is 5.56 Å². The highest BCUT2D eigenvalue weighted by molar-refractivity contribution is 5.96. The van der Waals surface area contributed by atoms with E-state index in [0.29, 0.717) is 24.2 Å². The van der Waals surface area contributed by atoms with Gasteiger partial charge in [0, 0.05) is 32.1 Å². The van der Waals surface area contributed by atoms with E-state index in [4.69, 9.17) is 5.26 Å². The van der Waals surface area contributed by atoms with Crippen LogP contribution in [0.3, 0.4) is 0 Å². The first-order valence-corrected chi connectivity index (χ1v) is 8.01. The van der Waals surface area contributed by atoms with Gasteiger partial charge >= 0.3 is 5.97 Å². The number of aryl methyl sites for hydroxylation is 1. The molecule has 2 heterocycles. The SMILES string of the molecule is Cc1cnn(C2(C(=O)O)CCN(C(=O)c3ccccc3C#N)CC2)c1. The number of carboxylic acids is 1. The summed E-state index contributed by atoms with van der Waals surface area (Å²) in [5, 5.41) is 23.1.